The van der Waals surface area contributed by atoms with E-state index in [1.54, 1.807) is 29.4 Å². The molecule has 3 rings (SSSR count). The molecule has 3 N–H and O–H groups in total. The van der Waals surface area contributed by atoms with Crippen LogP contribution >= 0.6 is 0 Å². The number of rotatable bonds is 3. The quantitative estimate of drug-likeness (QED) is 0.763. The maximum atomic E-state index is 12.2. The molecule has 3 aromatic rings. The SMILES string of the molecule is NCC(=O)N(c1ccncc1)c1c[nH]c2ccccc12. The van der Waals surface area contributed by atoms with E-state index in [0.29, 0.717) is 0 Å². The van der Waals surface area contributed by atoms with Gasteiger partial charge in [-0.25, -0.2) is 0 Å². The van der Waals surface area contributed by atoms with Crippen molar-refractivity contribution in [2.24, 2.45) is 5.73 Å². The summed E-state index contributed by atoms with van der Waals surface area (Å²) in [5.74, 6) is -0.166. The molecule has 5 heteroatoms. The Labute approximate surface area is 116 Å². The van der Waals surface area contributed by atoms with Crippen molar-refractivity contribution in [1.29, 1.82) is 0 Å². The fraction of sp³-hybridized carbons (Fsp3) is 0.0667. The second kappa shape index (κ2) is 5.14. The summed E-state index contributed by atoms with van der Waals surface area (Å²) >= 11 is 0. The molecule has 5 nitrogen and oxygen atoms in total. The number of H-pyrrole nitrogens is 1. The first-order valence-corrected chi connectivity index (χ1v) is 6.30. The summed E-state index contributed by atoms with van der Waals surface area (Å²) in [5, 5.41) is 0.978. The third kappa shape index (κ3) is 2.04. The van der Waals surface area contributed by atoms with Gasteiger partial charge in [-0.15, -0.1) is 0 Å². The van der Waals surface area contributed by atoms with Gasteiger partial charge in [0.2, 0.25) is 5.91 Å². The first kappa shape index (κ1) is 12.4. The van der Waals surface area contributed by atoms with Gasteiger partial charge in [-0.1, -0.05) is 18.2 Å². The van der Waals surface area contributed by atoms with Crippen LogP contribution in [0, 0.1) is 0 Å². The fourth-order valence-corrected chi connectivity index (χ4v) is 2.24. The average molecular weight is 266 g/mol. The number of benzene rings is 1. The van der Waals surface area contributed by atoms with E-state index in [-0.39, 0.29) is 12.5 Å². The van der Waals surface area contributed by atoms with Crippen molar-refractivity contribution in [2.45, 2.75) is 0 Å². The molecule has 0 saturated heterocycles. The number of para-hydroxylation sites is 1. The fourth-order valence-electron chi connectivity index (χ4n) is 2.24. The van der Waals surface area contributed by atoms with Crippen molar-refractivity contribution >= 4 is 28.2 Å². The summed E-state index contributed by atoms with van der Waals surface area (Å²) in [6.45, 7) is -0.0537. The Kier molecular flexibility index (Phi) is 3.18. The molecule has 0 aliphatic heterocycles. The summed E-state index contributed by atoms with van der Waals surface area (Å²) < 4.78 is 0. The van der Waals surface area contributed by atoms with Crippen LogP contribution in [-0.2, 0) is 4.79 Å². The van der Waals surface area contributed by atoms with Gasteiger partial charge in [0, 0.05) is 29.5 Å². The standard InChI is InChI=1S/C15H14N4O/c16-9-15(20)19(11-5-7-17-8-6-11)14-10-18-13-4-2-1-3-12(13)14/h1-8,10,18H,9,16H2. The maximum Gasteiger partial charge on any atom is 0.245 e. The van der Waals surface area contributed by atoms with Gasteiger partial charge < -0.3 is 10.7 Å². The lowest BCUT2D eigenvalue weighted by Crippen LogP contribution is -2.32. The minimum atomic E-state index is -0.166. The van der Waals surface area contributed by atoms with Gasteiger partial charge in [0.25, 0.3) is 0 Å². The van der Waals surface area contributed by atoms with Crippen molar-refractivity contribution in [3.05, 3.63) is 55.0 Å². The number of amides is 1. The Morgan fingerprint density at radius 2 is 1.95 bits per heavy atom. The molecule has 1 aromatic carbocycles. The Morgan fingerprint density at radius 3 is 2.70 bits per heavy atom. The zero-order chi connectivity index (χ0) is 13.9. The smallest absolute Gasteiger partial charge is 0.245 e. The van der Waals surface area contributed by atoms with Crippen LogP contribution in [0.2, 0.25) is 0 Å². The topological polar surface area (TPSA) is 75.0 Å². The number of hydrogen-bond acceptors (Lipinski definition) is 3. The van der Waals surface area contributed by atoms with E-state index in [1.807, 2.05) is 30.5 Å². The molecule has 0 aliphatic rings. The molecule has 0 radical (unpaired) electrons. The van der Waals surface area contributed by atoms with Gasteiger partial charge in [-0.3, -0.25) is 14.7 Å². The zero-order valence-electron chi connectivity index (χ0n) is 10.8. The minimum Gasteiger partial charge on any atom is -0.359 e. The predicted octanol–water partition coefficient (Wildman–Crippen LogP) is 2.19. The lowest BCUT2D eigenvalue weighted by Gasteiger charge is -2.21. The normalized spacial score (nSPS) is 10.7. The van der Waals surface area contributed by atoms with Gasteiger partial charge in [0.15, 0.2) is 0 Å². The van der Waals surface area contributed by atoms with Crippen molar-refractivity contribution in [2.75, 3.05) is 11.4 Å². The number of nitrogens with zero attached hydrogens (tertiary/aromatic N) is 2. The predicted molar refractivity (Wildman–Crippen MR) is 78.7 cm³/mol. The van der Waals surface area contributed by atoms with Gasteiger partial charge in [-0.05, 0) is 18.2 Å². The van der Waals surface area contributed by atoms with Crippen molar-refractivity contribution < 1.29 is 4.79 Å². The van der Waals surface area contributed by atoms with Crippen molar-refractivity contribution in [1.82, 2.24) is 9.97 Å². The highest BCUT2D eigenvalue weighted by Crippen LogP contribution is 2.31. The van der Waals surface area contributed by atoms with Crippen LogP contribution in [0.4, 0.5) is 11.4 Å². The first-order valence-electron chi connectivity index (χ1n) is 6.30. The summed E-state index contributed by atoms with van der Waals surface area (Å²) in [5.41, 5.74) is 8.07. The Hall–Kier alpha value is -2.66. The van der Waals surface area contributed by atoms with Crippen molar-refractivity contribution in [3.63, 3.8) is 0 Å². The number of carbonyl (C=O) groups is 1. The van der Waals surface area contributed by atoms with Gasteiger partial charge in [0.05, 0.1) is 17.9 Å². The van der Waals surface area contributed by atoms with Gasteiger partial charge in [0.1, 0.15) is 0 Å². The Balaban J connectivity index is 2.17. The minimum absolute atomic E-state index is 0.0537. The third-order valence-corrected chi connectivity index (χ3v) is 3.15. The van der Waals surface area contributed by atoms with Crippen LogP contribution < -0.4 is 10.6 Å². The highest BCUT2D eigenvalue weighted by Gasteiger charge is 2.19. The van der Waals surface area contributed by atoms with Crippen LogP contribution in [-0.4, -0.2) is 22.4 Å². The number of hydrogen-bond donors (Lipinski definition) is 2. The highest BCUT2D eigenvalue weighted by molar-refractivity contribution is 6.08. The second-order valence-corrected chi connectivity index (χ2v) is 4.36. The lowest BCUT2D eigenvalue weighted by molar-refractivity contribution is -0.116. The monoisotopic (exact) mass is 266 g/mol. The Bertz CT molecular complexity index is 736. The summed E-state index contributed by atoms with van der Waals surface area (Å²) in [7, 11) is 0. The largest absolute Gasteiger partial charge is 0.359 e. The van der Waals surface area contributed by atoms with Crippen LogP contribution in [0.25, 0.3) is 10.9 Å². The number of anilines is 2. The van der Waals surface area contributed by atoms with Crippen LogP contribution in [0.5, 0.6) is 0 Å². The van der Waals surface area contributed by atoms with E-state index in [2.05, 4.69) is 9.97 Å². The molecule has 0 unspecified atom stereocenters. The lowest BCUT2D eigenvalue weighted by atomic mass is 10.2. The molecule has 0 bridgehead atoms. The molecule has 20 heavy (non-hydrogen) atoms. The average Bonchev–Trinajstić information content (AvgIpc) is 2.92. The van der Waals surface area contributed by atoms with E-state index in [9.17, 15) is 4.79 Å². The number of aromatic amines is 1. The maximum absolute atomic E-state index is 12.2. The van der Waals surface area contributed by atoms with Crippen LogP contribution in [0.15, 0.2) is 55.0 Å². The molecule has 0 spiro atoms. The van der Waals surface area contributed by atoms with Crippen molar-refractivity contribution in [3.8, 4) is 0 Å². The molecule has 0 atom stereocenters. The number of nitrogens with two attached hydrogens (primary N) is 1. The molecule has 0 aliphatic carbocycles. The number of nitrogens with one attached hydrogen (secondary N) is 1. The van der Waals surface area contributed by atoms with E-state index in [1.165, 1.54) is 0 Å². The number of carbonyl (C=O) groups excluding carboxylic acids is 1. The van der Waals surface area contributed by atoms with E-state index >= 15 is 0 Å². The summed E-state index contributed by atoms with van der Waals surface area (Å²) in [4.78, 5) is 21.0. The Morgan fingerprint density at radius 1 is 1.20 bits per heavy atom. The molecule has 100 valence electrons. The molecule has 1 amide bonds. The van der Waals surface area contributed by atoms with E-state index < -0.39 is 0 Å². The zero-order valence-corrected chi connectivity index (χ0v) is 10.8. The molecule has 2 heterocycles. The number of fused-ring (bicyclic) bond motifs is 1. The van der Waals surface area contributed by atoms with Crippen LogP contribution in [0.3, 0.4) is 0 Å². The van der Waals surface area contributed by atoms with Gasteiger partial charge in [-0.2, -0.15) is 0 Å². The number of aromatic nitrogens is 2. The van der Waals surface area contributed by atoms with E-state index in [4.69, 9.17) is 5.73 Å². The summed E-state index contributed by atoms with van der Waals surface area (Å²) in [6, 6.07) is 11.4. The summed E-state index contributed by atoms with van der Waals surface area (Å²) in [6.07, 6.45) is 5.13. The third-order valence-electron chi connectivity index (χ3n) is 3.15. The van der Waals surface area contributed by atoms with Gasteiger partial charge >= 0.3 is 0 Å². The van der Waals surface area contributed by atoms with Crippen LogP contribution in [0.1, 0.15) is 0 Å². The number of pyridine rings is 1. The molecule has 0 saturated carbocycles. The highest BCUT2D eigenvalue weighted by atomic mass is 16.2. The molecular formula is C15H14N4O. The second-order valence-electron chi connectivity index (χ2n) is 4.36. The molecular weight excluding hydrogens is 252 g/mol. The van der Waals surface area contributed by atoms with E-state index in [0.717, 1.165) is 22.3 Å². The molecule has 0 fully saturated rings. The first-order chi connectivity index (χ1) is 9.81. The molecule has 2 aromatic heterocycles.